The lowest BCUT2D eigenvalue weighted by molar-refractivity contribution is 0.0955. The second-order valence-corrected chi connectivity index (χ2v) is 10.1. The van der Waals surface area contributed by atoms with Crippen LogP contribution in [-0.2, 0) is 0 Å². The first-order valence-corrected chi connectivity index (χ1v) is 13.8. The zero-order valence-corrected chi connectivity index (χ0v) is 21.3. The van der Waals surface area contributed by atoms with Gasteiger partial charge in [-0.2, -0.15) is 0 Å². The first kappa shape index (κ1) is 26.1. The number of aromatic nitrogens is 2. The molecule has 3 aromatic heterocycles. The lowest BCUT2D eigenvalue weighted by atomic mass is 9.90. The molecule has 0 aliphatic heterocycles. The van der Waals surface area contributed by atoms with Gasteiger partial charge in [-0.25, -0.2) is 4.98 Å². The average molecular weight is 482 g/mol. The van der Waals surface area contributed by atoms with E-state index >= 15 is 0 Å². The minimum absolute atomic E-state index is 0.0765. The van der Waals surface area contributed by atoms with Crippen LogP contribution in [0.4, 0.5) is 5.13 Å². The summed E-state index contributed by atoms with van der Waals surface area (Å²) in [6.45, 7) is 2.27. The highest BCUT2D eigenvalue weighted by molar-refractivity contribution is 7.16. The predicted octanol–water partition coefficient (Wildman–Crippen LogP) is 8.44. The number of hydrogen-bond acceptors (Lipinski definition) is 6. The normalized spacial score (nSPS) is 12.1. The Morgan fingerprint density at radius 3 is 2.24 bits per heavy atom. The van der Waals surface area contributed by atoms with Crippen LogP contribution in [0.15, 0.2) is 47.3 Å². The molecule has 1 unspecified atom stereocenters. The Hall–Kier alpha value is -2.47. The lowest BCUT2D eigenvalue weighted by Gasteiger charge is -2.15. The summed E-state index contributed by atoms with van der Waals surface area (Å²) in [5.74, 6) is 0.441. The van der Waals surface area contributed by atoms with Gasteiger partial charge in [0.1, 0.15) is 5.69 Å². The van der Waals surface area contributed by atoms with Crippen molar-refractivity contribution < 1.29 is 9.21 Å². The number of ketones is 1. The van der Waals surface area contributed by atoms with E-state index in [0.717, 1.165) is 24.1 Å². The number of nitrogens with two attached hydrogens (primary N) is 1. The number of furan rings is 1. The summed E-state index contributed by atoms with van der Waals surface area (Å²) in [5, 5.41) is 0.458. The van der Waals surface area contributed by atoms with Gasteiger partial charge >= 0.3 is 0 Å². The van der Waals surface area contributed by atoms with Crippen molar-refractivity contribution in [3.8, 4) is 11.5 Å². The van der Waals surface area contributed by atoms with Crippen LogP contribution in [0.5, 0.6) is 0 Å². The number of nitrogen functional groups attached to an aromatic ring is 1. The third-order valence-electron chi connectivity index (χ3n) is 6.35. The fourth-order valence-corrected chi connectivity index (χ4v) is 5.43. The van der Waals surface area contributed by atoms with Gasteiger partial charge in [-0.3, -0.25) is 9.78 Å². The van der Waals surface area contributed by atoms with Crippen molar-refractivity contribution in [2.24, 2.45) is 0 Å². The van der Waals surface area contributed by atoms with Crippen molar-refractivity contribution in [3.05, 3.63) is 53.4 Å². The van der Waals surface area contributed by atoms with Crippen LogP contribution in [0.3, 0.4) is 0 Å². The van der Waals surface area contributed by atoms with Gasteiger partial charge in [-0.1, -0.05) is 84.0 Å². The van der Waals surface area contributed by atoms with Gasteiger partial charge in [0.2, 0.25) is 0 Å². The molecule has 0 amide bonds. The second kappa shape index (κ2) is 14.7. The maximum Gasteiger partial charge on any atom is 0.180 e. The Bertz CT molecular complexity index is 953. The van der Waals surface area contributed by atoms with Crippen molar-refractivity contribution in [2.45, 2.75) is 96.3 Å². The van der Waals surface area contributed by atoms with E-state index in [0.29, 0.717) is 22.1 Å². The molecule has 0 fully saturated rings. The van der Waals surface area contributed by atoms with Crippen LogP contribution in [0, 0.1) is 0 Å². The molecule has 5 nitrogen and oxygen atoms in total. The minimum atomic E-state index is -0.290. The number of pyridine rings is 1. The number of thiazole rings is 1. The Morgan fingerprint density at radius 2 is 1.65 bits per heavy atom. The first-order valence-electron chi connectivity index (χ1n) is 12.9. The molecule has 3 aromatic rings. The number of unbranched alkanes of at least 4 members (excludes halogenated alkanes) is 11. The van der Waals surface area contributed by atoms with Crippen LogP contribution < -0.4 is 5.73 Å². The Kier molecular flexibility index (Phi) is 11.3. The van der Waals surface area contributed by atoms with Gasteiger partial charge in [0.15, 0.2) is 16.7 Å². The molecule has 0 radical (unpaired) electrons. The van der Waals surface area contributed by atoms with Crippen molar-refractivity contribution >= 4 is 22.3 Å². The van der Waals surface area contributed by atoms with Crippen LogP contribution in [0.25, 0.3) is 11.5 Å². The maximum atomic E-state index is 13.5. The number of nitrogens with zero attached hydrogens (tertiary/aromatic N) is 2. The van der Waals surface area contributed by atoms with Gasteiger partial charge in [0, 0.05) is 22.8 Å². The van der Waals surface area contributed by atoms with E-state index < -0.39 is 0 Å². The number of Topliss-reactive ketones (excluding diaryl/α,β-unsaturated/α-hetero) is 1. The molecule has 0 aromatic carbocycles. The van der Waals surface area contributed by atoms with E-state index in [4.69, 9.17) is 10.2 Å². The highest BCUT2D eigenvalue weighted by Gasteiger charge is 2.28. The summed E-state index contributed by atoms with van der Waals surface area (Å²) in [4.78, 5) is 23.0. The third kappa shape index (κ3) is 8.08. The Balaban J connectivity index is 1.52. The molecule has 184 valence electrons. The predicted molar refractivity (Wildman–Crippen MR) is 141 cm³/mol. The highest BCUT2D eigenvalue weighted by atomic mass is 32.1. The molecule has 3 rings (SSSR count). The molecule has 3 heterocycles. The van der Waals surface area contributed by atoms with Gasteiger partial charge in [-0.15, -0.1) is 11.3 Å². The summed E-state index contributed by atoms with van der Waals surface area (Å²) in [5.41, 5.74) is 7.39. The first-order chi connectivity index (χ1) is 16.7. The molecule has 0 aliphatic rings. The Morgan fingerprint density at radius 1 is 0.971 bits per heavy atom. The quantitative estimate of drug-likeness (QED) is 0.154. The van der Waals surface area contributed by atoms with Crippen LogP contribution >= 0.6 is 11.3 Å². The van der Waals surface area contributed by atoms with E-state index in [-0.39, 0.29) is 11.7 Å². The molecule has 0 spiro atoms. The van der Waals surface area contributed by atoms with Gasteiger partial charge < -0.3 is 10.2 Å². The smallest absolute Gasteiger partial charge is 0.180 e. The molecule has 0 aliphatic carbocycles. The van der Waals surface area contributed by atoms with Crippen molar-refractivity contribution in [1.82, 2.24) is 9.97 Å². The van der Waals surface area contributed by atoms with Crippen LogP contribution in [0.2, 0.25) is 0 Å². The SMILES string of the molecule is CCCCCCCCCCCCCCC(C(=O)c1cccnc1)c1sc(N)nc1-c1ccco1. The van der Waals surface area contributed by atoms with E-state index in [1.54, 1.807) is 18.7 Å². The average Bonchev–Trinajstić information content (AvgIpc) is 3.52. The summed E-state index contributed by atoms with van der Waals surface area (Å²) in [6, 6.07) is 7.34. The number of carbonyl (C=O) groups is 1. The fourth-order valence-electron chi connectivity index (χ4n) is 4.46. The molecule has 0 saturated heterocycles. The van der Waals surface area contributed by atoms with Crippen molar-refractivity contribution in [2.75, 3.05) is 5.73 Å². The summed E-state index contributed by atoms with van der Waals surface area (Å²) < 4.78 is 5.59. The van der Waals surface area contributed by atoms with Crippen molar-refractivity contribution in [3.63, 3.8) is 0 Å². The van der Waals surface area contributed by atoms with Crippen molar-refractivity contribution in [1.29, 1.82) is 0 Å². The van der Waals surface area contributed by atoms with E-state index in [1.807, 2.05) is 24.3 Å². The standard InChI is InChI=1S/C28H39N3O2S/c1-2-3-4-5-6-7-8-9-10-11-12-13-17-23(26(32)22-16-14-19-30-21-22)27-25(31-28(29)34-27)24-18-15-20-33-24/h14-16,18-21,23H,2-13,17H2,1H3,(H2,29,31). The molecule has 2 N–H and O–H groups in total. The number of hydrogen-bond donors (Lipinski definition) is 1. The molecule has 34 heavy (non-hydrogen) atoms. The van der Waals surface area contributed by atoms with Gasteiger partial charge in [-0.05, 0) is 30.7 Å². The summed E-state index contributed by atoms with van der Waals surface area (Å²) in [6.07, 6.45) is 21.3. The highest BCUT2D eigenvalue weighted by Crippen LogP contribution is 2.39. The molecule has 0 saturated carbocycles. The van der Waals surface area contributed by atoms with E-state index in [1.165, 1.54) is 75.5 Å². The van der Waals surface area contributed by atoms with Gasteiger partial charge in [0.05, 0.1) is 12.2 Å². The summed E-state index contributed by atoms with van der Waals surface area (Å²) in [7, 11) is 0. The maximum absolute atomic E-state index is 13.5. The molecular weight excluding hydrogens is 442 g/mol. The third-order valence-corrected chi connectivity index (χ3v) is 7.35. The monoisotopic (exact) mass is 481 g/mol. The fraction of sp³-hybridized carbons (Fsp3) is 0.536. The Labute approximate surface area is 208 Å². The zero-order valence-electron chi connectivity index (χ0n) is 20.5. The number of carbonyl (C=O) groups excluding carboxylic acids is 1. The molecule has 6 heteroatoms. The van der Waals surface area contributed by atoms with Crippen LogP contribution in [-0.4, -0.2) is 15.8 Å². The summed E-state index contributed by atoms with van der Waals surface area (Å²) >= 11 is 1.39. The van der Waals surface area contributed by atoms with E-state index in [9.17, 15) is 4.79 Å². The largest absolute Gasteiger partial charge is 0.463 e. The molecule has 1 atom stereocenters. The number of rotatable bonds is 17. The number of anilines is 1. The van der Waals surface area contributed by atoms with E-state index in [2.05, 4.69) is 16.9 Å². The minimum Gasteiger partial charge on any atom is -0.463 e. The van der Waals surface area contributed by atoms with Gasteiger partial charge in [0.25, 0.3) is 0 Å². The lowest BCUT2D eigenvalue weighted by Crippen LogP contribution is -2.13. The van der Waals surface area contributed by atoms with Crippen LogP contribution in [0.1, 0.15) is 112 Å². The second-order valence-electron chi connectivity index (χ2n) is 9.08. The molecule has 0 bridgehead atoms. The molecular formula is C28H39N3O2S. The zero-order chi connectivity index (χ0) is 24.0. The topological polar surface area (TPSA) is 82.0 Å².